The van der Waals surface area contributed by atoms with Crippen molar-refractivity contribution in [3.63, 3.8) is 0 Å². The van der Waals surface area contributed by atoms with Crippen LogP contribution in [0.1, 0.15) is 50.1 Å². The topological polar surface area (TPSA) is 115 Å². The largest absolute Gasteiger partial charge is 0.493 e. The number of H-pyrrole nitrogens is 2. The molecule has 0 aliphatic heterocycles. The van der Waals surface area contributed by atoms with Crippen molar-refractivity contribution < 1.29 is 5.11 Å². The van der Waals surface area contributed by atoms with Gasteiger partial charge >= 0.3 is 5.69 Å². The van der Waals surface area contributed by atoms with Crippen LogP contribution >= 0.6 is 11.3 Å². The molecule has 0 unspecified atom stereocenters. The zero-order chi connectivity index (χ0) is 23.7. The molecule has 4 aromatic heterocycles. The van der Waals surface area contributed by atoms with Crippen molar-refractivity contribution in [2.24, 2.45) is 4.99 Å². The summed E-state index contributed by atoms with van der Waals surface area (Å²) in [6.07, 6.45) is 7.81. The summed E-state index contributed by atoms with van der Waals surface area (Å²) in [5.74, 6) is -0.213. The maximum absolute atomic E-state index is 11.5. The molecule has 1 saturated carbocycles. The first-order valence-electron chi connectivity index (χ1n) is 11.8. The predicted molar refractivity (Wildman–Crippen MR) is 133 cm³/mol. The third kappa shape index (κ3) is 4.83. The Morgan fingerprint density at radius 1 is 1.26 bits per heavy atom. The van der Waals surface area contributed by atoms with Crippen molar-refractivity contribution in [1.82, 2.24) is 29.5 Å². The fraction of sp³-hybridized carbons (Fsp3) is 0.417. The van der Waals surface area contributed by atoms with Crippen LogP contribution in [0.2, 0.25) is 0 Å². The van der Waals surface area contributed by atoms with Gasteiger partial charge in [-0.1, -0.05) is 13.8 Å². The van der Waals surface area contributed by atoms with Gasteiger partial charge in [0.15, 0.2) is 11.1 Å². The van der Waals surface area contributed by atoms with Crippen molar-refractivity contribution in [3.05, 3.63) is 56.2 Å². The summed E-state index contributed by atoms with van der Waals surface area (Å²) in [6.45, 7) is 7.57. The highest BCUT2D eigenvalue weighted by Gasteiger charge is 2.20. The second-order valence-corrected chi connectivity index (χ2v) is 9.89. The van der Waals surface area contributed by atoms with Gasteiger partial charge in [-0.05, 0) is 57.0 Å². The molecular formula is C24H29N7O2S. The Hall–Kier alpha value is -3.24. The van der Waals surface area contributed by atoms with E-state index in [1.807, 2.05) is 6.07 Å². The molecule has 1 aliphatic rings. The van der Waals surface area contributed by atoms with Gasteiger partial charge in [-0.2, -0.15) is 9.61 Å². The number of aromatic nitrogens is 5. The highest BCUT2D eigenvalue weighted by molar-refractivity contribution is 7.15. The van der Waals surface area contributed by atoms with E-state index in [0.29, 0.717) is 16.9 Å². The third-order valence-corrected chi connectivity index (χ3v) is 6.84. The minimum atomic E-state index is -0.468. The molecule has 0 saturated heterocycles. The normalized spacial score (nSPS) is 15.3. The molecule has 0 radical (unpaired) electrons. The van der Waals surface area contributed by atoms with Gasteiger partial charge in [0.2, 0.25) is 5.88 Å². The summed E-state index contributed by atoms with van der Waals surface area (Å²) in [5.41, 5.74) is 2.07. The number of hydrogen-bond donors (Lipinski definition) is 3. The van der Waals surface area contributed by atoms with E-state index in [2.05, 4.69) is 45.9 Å². The van der Waals surface area contributed by atoms with Crippen LogP contribution in [0.25, 0.3) is 22.3 Å². The van der Waals surface area contributed by atoms with Gasteiger partial charge in [0.05, 0.1) is 22.8 Å². The van der Waals surface area contributed by atoms with Crippen molar-refractivity contribution in [1.29, 1.82) is 0 Å². The zero-order valence-electron chi connectivity index (χ0n) is 19.4. The SMILES string of the molecule is CCCN(CCC)Cc1ccc(-c2cc(=NC3CC3)n3ncc(=Cc4[nH]c(=O)[nH]c4O)c3n2)s1. The summed E-state index contributed by atoms with van der Waals surface area (Å²) in [7, 11) is 0. The quantitative estimate of drug-likeness (QED) is 0.341. The van der Waals surface area contributed by atoms with Crippen molar-refractivity contribution >= 4 is 23.1 Å². The Morgan fingerprint density at radius 3 is 2.74 bits per heavy atom. The number of hydrogen-bond acceptors (Lipinski definition) is 7. The minimum Gasteiger partial charge on any atom is -0.493 e. The van der Waals surface area contributed by atoms with E-state index in [0.717, 1.165) is 61.4 Å². The minimum absolute atomic E-state index is 0.213. The van der Waals surface area contributed by atoms with Crippen LogP contribution in [-0.2, 0) is 6.54 Å². The molecule has 0 atom stereocenters. The summed E-state index contributed by atoms with van der Waals surface area (Å²) in [5, 5.41) is 15.2. The number of nitrogens with one attached hydrogen (secondary N) is 2. The molecule has 34 heavy (non-hydrogen) atoms. The van der Waals surface area contributed by atoms with Crippen LogP contribution in [0.3, 0.4) is 0 Å². The van der Waals surface area contributed by atoms with Crippen LogP contribution in [0.4, 0.5) is 0 Å². The maximum atomic E-state index is 11.5. The predicted octanol–water partition coefficient (Wildman–Crippen LogP) is 2.41. The van der Waals surface area contributed by atoms with Crippen molar-refractivity contribution in [3.8, 4) is 16.5 Å². The maximum Gasteiger partial charge on any atom is 0.326 e. The number of fused-ring (bicyclic) bond motifs is 1. The molecular weight excluding hydrogens is 450 g/mol. The second-order valence-electron chi connectivity index (χ2n) is 8.72. The molecule has 10 heteroatoms. The molecule has 178 valence electrons. The first-order chi connectivity index (χ1) is 16.5. The van der Waals surface area contributed by atoms with Crippen LogP contribution in [0.5, 0.6) is 5.88 Å². The smallest absolute Gasteiger partial charge is 0.326 e. The molecule has 9 nitrogen and oxygen atoms in total. The Morgan fingerprint density at radius 2 is 2.06 bits per heavy atom. The lowest BCUT2D eigenvalue weighted by Gasteiger charge is -2.19. The molecule has 3 N–H and O–H groups in total. The fourth-order valence-electron chi connectivity index (χ4n) is 4.05. The Kier molecular flexibility index (Phi) is 6.34. The van der Waals surface area contributed by atoms with Gasteiger partial charge in [-0.15, -0.1) is 11.3 Å². The lowest BCUT2D eigenvalue weighted by molar-refractivity contribution is 0.269. The number of nitrogens with zero attached hydrogens (tertiary/aromatic N) is 5. The molecule has 0 spiro atoms. The Balaban J connectivity index is 1.58. The number of rotatable bonds is 9. The van der Waals surface area contributed by atoms with E-state index in [4.69, 9.17) is 9.98 Å². The van der Waals surface area contributed by atoms with Gasteiger partial charge in [-0.3, -0.25) is 14.9 Å². The van der Waals surface area contributed by atoms with E-state index >= 15 is 0 Å². The van der Waals surface area contributed by atoms with E-state index in [1.54, 1.807) is 28.1 Å². The molecule has 4 aromatic rings. The van der Waals surface area contributed by atoms with Crippen molar-refractivity contribution in [2.75, 3.05) is 13.1 Å². The molecule has 0 amide bonds. The first-order valence-corrected chi connectivity index (χ1v) is 12.6. The van der Waals surface area contributed by atoms with Crippen LogP contribution < -0.4 is 16.4 Å². The van der Waals surface area contributed by atoms with Gasteiger partial charge in [0, 0.05) is 22.7 Å². The average Bonchev–Trinajstić information content (AvgIpc) is 3.19. The summed E-state index contributed by atoms with van der Waals surface area (Å²) in [4.78, 5) is 31.1. The van der Waals surface area contributed by atoms with Gasteiger partial charge < -0.3 is 10.1 Å². The first kappa shape index (κ1) is 22.5. The number of imidazole rings is 1. The lowest BCUT2D eigenvalue weighted by Crippen LogP contribution is -2.24. The zero-order valence-corrected chi connectivity index (χ0v) is 20.2. The number of aromatic hydroxyl groups is 1. The Bertz CT molecular complexity index is 1470. The summed E-state index contributed by atoms with van der Waals surface area (Å²) in [6, 6.07) is 6.65. The van der Waals surface area contributed by atoms with E-state index < -0.39 is 5.69 Å². The average molecular weight is 480 g/mol. The third-order valence-electron chi connectivity index (χ3n) is 5.75. The van der Waals surface area contributed by atoms with Crippen LogP contribution in [0.15, 0.2) is 34.2 Å². The van der Waals surface area contributed by atoms with Gasteiger partial charge in [-0.25, -0.2) is 9.78 Å². The van der Waals surface area contributed by atoms with Crippen LogP contribution in [0, 0.1) is 0 Å². The second kappa shape index (κ2) is 9.55. The van der Waals surface area contributed by atoms with E-state index in [1.165, 1.54) is 4.88 Å². The highest BCUT2D eigenvalue weighted by atomic mass is 32.1. The molecule has 1 fully saturated rings. The summed E-state index contributed by atoms with van der Waals surface area (Å²) < 4.78 is 1.73. The fourth-order valence-corrected chi connectivity index (χ4v) is 5.06. The lowest BCUT2D eigenvalue weighted by atomic mass is 10.3. The number of aromatic amines is 2. The highest BCUT2D eigenvalue weighted by Crippen LogP contribution is 2.28. The monoisotopic (exact) mass is 479 g/mol. The Labute approximate surface area is 200 Å². The molecule has 0 bridgehead atoms. The summed E-state index contributed by atoms with van der Waals surface area (Å²) >= 11 is 1.76. The number of thiophene rings is 1. The van der Waals surface area contributed by atoms with E-state index in [9.17, 15) is 9.90 Å². The van der Waals surface area contributed by atoms with Gasteiger partial charge in [0.1, 0.15) is 5.69 Å². The standard InChI is InChI=1S/C24H29N7O2S/c1-3-9-30(10-4-2)14-17-7-8-20(34-17)18-12-21(26-16-5-6-16)31-22(27-18)15(13-25-31)11-19-23(32)29-24(33)28-19/h7-8,11-13,16,32H,3-6,9-10,14H2,1-2H3,(H2,28,29,33). The van der Waals surface area contributed by atoms with Crippen molar-refractivity contribution in [2.45, 2.75) is 52.1 Å². The van der Waals surface area contributed by atoms with Gasteiger partial charge in [0.25, 0.3) is 0 Å². The molecule has 0 aromatic carbocycles. The van der Waals surface area contributed by atoms with E-state index in [-0.39, 0.29) is 11.6 Å². The van der Waals surface area contributed by atoms with Crippen LogP contribution in [-0.4, -0.2) is 53.7 Å². The molecule has 4 heterocycles. The molecule has 5 rings (SSSR count). The molecule has 1 aliphatic carbocycles.